The smallest absolute Gasteiger partial charge is 0.344 e. The van der Waals surface area contributed by atoms with Crippen molar-refractivity contribution in [3.63, 3.8) is 0 Å². The van der Waals surface area contributed by atoms with Gasteiger partial charge in [0, 0.05) is 23.2 Å². The van der Waals surface area contributed by atoms with Crippen molar-refractivity contribution in [2.75, 3.05) is 7.11 Å². The first-order valence-corrected chi connectivity index (χ1v) is 12.0. The average Bonchev–Trinajstić information content (AvgIpc) is 2.99. The van der Waals surface area contributed by atoms with E-state index >= 15 is 0 Å². The van der Waals surface area contributed by atoms with Gasteiger partial charge in [-0.2, -0.15) is 0 Å². The van der Waals surface area contributed by atoms with Gasteiger partial charge >= 0.3 is 11.9 Å². The van der Waals surface area contributed by atoms with Crippen molar-refractivity contribution in [1.82, 2.24) is 0 Å². The van der Waals surface area contributed by atoms with Gasteiger partial charge in [-0.1, -0.05) is 39.8 Å². The summed E-state index contributed by atoms with van der Waals surface area (Å²) in [5.41, 5.74) is -7.24. The summed E-state index contributed by atoms with van der Waals surface area (Å²) in [5.74, 6) is -8.04. The Labute approximate surface area is 204 Å². The molecule has 9 atom stereocenters. The van der Waals surface area contributed by atoms with Crippen molar-refractivity contribution in [2.24, 2.45) is 39.4 Å². The first-order valence-electron chi connectivity index (χ1n) is 12.0. The van der Waals surface area contributed by atoms with E-state index in [9.17, 15) is 34.5 Å². The minimum absolute atomic E-state index is 0.0487. The van der Waals surface area contributed by atoms with Gasteiger partial charge in [0.1, 0.15) is 11.9 Å². The van der Waals surface area contributed by atoms with Gasteiger partial charge in [-0.25, -0.2) is 4.79 Å². The fraction of sp³-hybridized carbons (Fsp3) is 0.769. The van der Waals surface area contributed by atoms with Crippen LogP contribution in [0.2, 0.25) is 0 Å². The number of hydrogen-bond acceptors (Lipinski definition) is 9. The van der Waals surface area contributed by atoms with Gasteiger partial charge in [0.2, 0.25) is 5.60 Å². The summed E-state index contributed by atoms with van der Waals surface area (Å²) in [5, 5.41) is 34.4. The van der Waals surface area contributed by atoms with Crippen molar-refractivity contribution >= 4 is 23.5 Å². The summed E-state index contributed by atoms with van der Waals surface area (Å²) in [6.45, 7) is 13.6. The second kappa shape index (κ2) is 7.01. The number of rotatable bonds is 2. The van der Waals surface area contributed by atoms with Gasteiger partial charge in [0.25, 0.3) is 5.79 Å². The summed E-state index contributed by atoms with van der Waals surface area (Å²) >= 11 is 0. The Balaban J connectivity index is 1.95. The van der Waals surface area contributed by atoms with Gasteiger partial charge < -0.3 is 24.8 Å². The molecule has 9 nitrogen and oxygen atoms in total. The van der Waals surface area contributed by atoms with E-state index in [2.05, 4.69) is 11.3 Å². The number of esters is 2. The lowest BCUT2D eigenvalue weighted by atomic mass is 9.35. The van der Waals surface area contributed by atoms with E-state index in [1.165, 1.54) is 6.92 Å². The Bertz CT molecular complexity index is 1060. The molecule has 0 bridgehead atoms. The minimum atomic E-state index is -2.76. The quantitative estimate of drug-likeness (QED) is 0.383. The highest BCUT2D eigenvalue weighted by molar-refractivity contribution is 5.98. The number of ketones is 2. The highest BCUT2D eigenvalue weighted by atomic mass is 16.7. The molecule has 0 amide bonds. The molecule has 1 heterocycles. The molecule has 0 aromatic heterocycles. The van der Waals surface area contributed by atoms with E-state index in [0.717, 1.165) is 14.0 Å². The molecule has 194 valence electrons. The molecule has 9 unspecified atom stereocenters. The van der Waals surface area contributed by atoms with Crippen molar-refractivity contribution in [2.45, 2.75) is 78.3 Å². The summed E-state index contributed by atoms with van der Waals surface area (Å²) in [7, 11) is 1.03. The van der Waals surface area contributed by atoms with Gasteiger partial charge in [0.15, 0.2) is 5.78 Å². The topological polar surface area (TPSA) is 147 Å². The van der Waals surface area contributed by atoms with Crippen LogP contribution in [0.3, 0.4) is 0 Å². The maximum Gasteiger partial charge on any atom is 0.344 e. The third-order valence-electron chi connectivity index (χ3n) is 10.5. The number of hydrogen-bond donors (Lipinski definition) is 3. The van der Waals surface area contributed by atoms with Crippen molar-refractivity contribution in [1.29, 1.82) is 0 Å². The summed E-state index contributed by atoms with van der Waals surface area (Å²) < 4.78 is 10.1. The minimum Gasteiger partial charge on any atom is -0.467 e. The number of Topliss-reactive ketones (excluding diaryl/α,β-unsaturated/α-hetero) is 2. The number of aliphatic hydroxyl groups is 3. The standard InChI is InChI=1S/C26H36O9/c1-12-11-13-22(4)10-9-14(27)21(2,3)16(22)15(28)18(29)23(13,5)17-19(30)35-26(33,24(12,17)6)25(7,32)20(31)34-8/h13,16-18,29,32-33H,1,9-11H2,2-8H3. The van der Waals surface area contributed by atoms with Crippen LogP contribution in [0.15, 0.2) is 12.2 Å². The van der Waals surface area contributed by atoms with Crippen LogP contribution < -0.4 is 0 Å². The van der Waals surface area contributed by atoms with Crippen LogP contribution in [0.4, 0.5) is 0 Å². The maximum atomic E-state index is 13.8. The molecule has 4 rings (SSSR count). The Kier molecular flexibility index (Phi) is 5.21. The average molecular weight is 493 g/mol. The van der Waals surface area contributed by atoms with Crippen LogP contribution in [-0.2, 0) is 28.7 Å². The lowest BCUT2D eigenvalue weighted by Crippen LogP contribution is -2.74. The first kappa shape index (κ1) is 26.0. The van der Waals surface area contributed by atoms with Crippen LogP contribution >= 0.6 is 0 Å². The lowest BCUT2D eigenvalue weighted by molar-refractivity contribution is -0.304. The van der Waals surface area contributed by atoms with Crippen LogP contribution in [0.5, 0.6) is 0 Å². The summed E-state index contributed by atoms with van der Waals surface area (Å²) in [6.07, 6.45) is -0.808. The van der Waals surface area contributed by atoms with E-state index < -0.39 is 74.6 Å². The number of ether oxygens (including phenoxy) is 2. The summed E-state index contributed by atoms with van der Waals surface area (Å²) in [6, 6.07) is 0. The number of aliphatic hydroxyl groups excluding tert-OH is 1. The molecule has 1 saturated heterocycles. The Morgan fingerprint density at radius 1 is 1.14 bits per heavy atom. The fourth-order valence-corrected chi connectivity index (χ4v) is 8.53. The van der Waals surface area contributed by atoms with E-state index in [-0.39, 0.29) is 18.6 Å². The zero-order chi connectivity index (χ0) is 26.7. The SMILES string of the molecule is C=C1CC2C3(C)CCC(=O)C(C)(C)C3C(=O)C(O)C2(C)C2C(=O)OC(O)(C(C)(O)C(=O)OC)C12C. The normalized spacial score (nSPS) is 48.3. The van der Waals surface area contributed by atoms with Crippen LogP contribution in [0, 0.1) is 39.4 Å². The monoisotopic (exact) mass is 492 g/mol. The molecular formula is C26H36O9. The van der Waals surface area contributed by atoms with Crippen molar-refractivity contribution < 1.29 is 44.0 Å². The molecule has 0 spiro atoms. The van der Waals surface area contributed by atoms with Crippen LogP contribution in [-0.4, -0.2) is 63.4 Å². The van der Waals surface area contributed by atoms with E-state index in [1.54, 1.807) is 20.8 Å². The number of methoxy groups -OCH3 is 1. The molecule has 35 heavy (non-hydrogen) atoms. The number of fused-ring (bicyclic) bond motifs is 5. The third-order valence-corrected chi connectivity index (χ3v) is 10.5. The second-order valence-electron chi connectivity index (χ2n) is 12.4. The van der Waals surface area contributed by atoms with Crippen LogP contribution in [0.1, 0.15) is 60.8 Å². The highest BCUT2D eigenvalue weighted by Crippen LogP contribution is 2.74. The second-order valence-corrected chi connectivity index (χ2v) is 12.4. The fourth-order valence-electron chi connectivity index (χ4n) is 8.53. The van der Waals surface area contributed by atoms with Crippen LogP contribution in [0.25, 0.3) is 0 Å². The molecule has 0 aromatic carbocycles. The molecular weight excluding hydrogens is 456 g/mol. The Morgan fingerprint density at radius 2 is 1.71 bits per heavy atom. The predicted octanol–water partition coefficient (Wildman–Crippen LogP) is 1.32. The van der Waals surface area contributed by atoms with E-state index in [4.69, 9.17) is 4.74 Å². The first-order chi connectivity index (χ1) is 15.8. The largest absolute Gasteiger partial charge is 0.467 e. The molecule has 3 N–H and O–H groups in total. The molecule has 9 heteroatoms. The van der Waals surface area contributed by atoms with E-state index in [1.807, 2.05) is 6.92 Å². The Hall–Kier alpha value is -2.10. The van der Waals surface area contributed by atoms with Crippen molar-refractivity contribution in [3.8, 4) is 0 Å². The predicted molar refractivity (Wildman–Crippen MR) is 121 cm³/mol. The number of carbonyl (C=O) groups is 4. The maximum absolute atomic E-state index is 13.8. The van der Waals surface area contributed by atoms with Crippen molar-refractivity contribution in [3.05, 3.63) is 12.2 Å². The Morgan fingerprint density at radius 3 is 2.26 bits per heavy atom. The number of carbonyl (C=O) groups excluding carboxylic acids is 4. The molecule has 4 aliphatic rings. The molecule has 1 aliphatic heterocycles. The van der Waals surface area contributed by atoms with Gasteiger partial charge in [-0.05, 0) is 38.0 Å². The zero-order valence-electron chi connectivity index (χ0n) is 21.4. The molecule has 4 fully saturated rings. The zero-order valence-corrected chi connectivity index (χ0v) is 21.4. The third kappa shape index (κ3) is 2.59. The molecule has 0 radical (unpaired) electrons. The summed E-state index contributed by atoms with van der Waals surface area (Å²) in [4.78, 5) is 52.6. The molecule has 3 saturated carbocycles. The highest BCUT2D eigenvalue weighted by Gasteiger charge is 2.82. The van der Waals surface area contributed by atoms with Gasteiger partial charge in [0.05, 0.1) is 18.4 Å². The van der Waals surface area contributed by atoms with E-state index in [0.29, 0.717) is 12.0 Å². The van der Waals surface area contributed by atoms with Gasteiger partial charge in [-0.15, -0.1) is 0 Å². The van der Waals surface area contributed by atoms with Gasteiger partial charge in [-0.3, -0.25) is 14.4 Å². The molecule has 0 aromatic rings. The number of cyclic esters (lactones) is 1. The lowest BCUT2D eigenvalue weighted by Gasteiger charge is -2.67. The molecule has 3 aliphatic carbocycles.